The molecule has 0 spiro atoms. The van der Waals surface area contributed by atoms with Crippen LogP contribution in [0.2, 0.25) is 0 Å². The topological polar surface area (TPSA) is 181 Å². The summed E-state index contributed by atoms with van der Waals surface area (Å²) in [4.78, 5) is 66.7. The van der Waals surface area contributed by atoms with Gasteiger partial charge in [-0.2, -0.15) is 0 Å². The molecule has 55 heavy (non-hydrogen) atoms. The third-order valence-corrected chi connectivity index (χ3v) is 12.0. The predicted molar refractivity (Wildman–Crippen MR) is 195 cm³/mol. The molecule has 2 saturated carbocycles. The van der Waals surface area contributed by atoms with Gasteiger partial charge in [-0.15, -0.1) is 0 Å². The number of hydrogen-bond donors (Lipinski definition) is 2. The molecule has 13 nitrogen and oxygen atoms in total. The predicted octanol–water partition coefficient (Wildman–Crippen LogP) is 4.28. The number of ether oxygens (including phenoxy) is 6. The van der Waals surface area contributed by atoms with Crippen LogP contribution in [-0.4, -0.2) is 94.5 Å². The van der Waals surface area contributed by atoms with Crippen molar-refractivity contribution in [3.8, 4) is 0 Å². The molecule has 10 atom stereocenters. The fourth-order valence-electron chi connectivity index (χ4n) is 9.73. The van der Waals surface area contributed by atoms with Crippen molar-refractivity contribution in [1.29, 1.82) is 0 Å². The summed E-state index contributed by atoms with van der Waals surface area (Å²) in [7, 11) is 0. The van der Waals surface area contributed by atoms with Crippen LogP contribution in [0.1, 0.15) is 77.2 Å². The van der Waals surface area contributed by atoms with Gasteiger partial charge in [-0.25, -0.2) is 9.59 Å². The Kier molecular flexibility index (Phi) is 10.6. The molecule has 0 radical (unpaired) electrons. The second-order valence-electron chi connectivity index (χ2n) is 15.7. The lowest BCUT2D eigenvalue weighted by molar-refractivity contribution is -0.352. The number of aliphatic hydroxyl groups is 2. The molecule has 2 aromatic rings. The first kappa shape index (κ1) is 39.8. The molecule has 2 N–H and O–H groups in total. The van der Waals surface area contributed by atoms with Gasteiger partial charge in [-0.3, -0.25) is 14.4 Å². The van der Waals surface area contributed by atoms with Gasteiger partial charge in [0.05, 0.1) is 34.5 Å². The van der Waals surface area contributed by atoms with E-state index in [1.165, 1.54) is 52.8 Å². The van der Waals surface area contributed by atoms with Crippen LogP contribution in [0, 0.1) is 16.7 Å². The van der Waals surface area contributed by atoms with Crippen LogP contribution in [-0.2, 0) is 47.6 Å². The van der Waals surface area contributed by atoms with Crippen molar-refractivity contribution in [2.24, 2.45) is 16.7 Å². The normalized spacial score (nSPS) is 33.9. The Morgan fingerprint density at radius 1 is 0.855 bits per heavy atom. The summed E-state index contributed by atoms with van der Waals surface area (Å²) >= 11 is 0. The molecule has 1 aliphatic heterocycles. The van der Waals surface area contributed by atoms with Gasteiger partial charge < -0.3 is 38.6 Å². The summed E-state index contributed by atoms with van der Waals surface area (Å²) in [6, 6.07) is 17.2. The first-order valence-corrected chi connectivity index (χ1v) is 18.3. The first-order chi connectivity index (χ1) is 25.9. The maximum atomic E-state index is 14.1. The van der Waals surface area contributed by atoms with Crippen molar-refractivity contribution >= 4 is 35.9 Å². The number of esters is 5. The standard InChI is InChI=1S/C42H48O13/c1-23-29(53-32(46)19-18-27-14-10-8-11-15-27)21-41(39(5,6)49)33(23)34(47)36(54-38(48)28-16-12-9-13-17-28)40(7)30(51-24(2)43)20-31-42(22-50-31,55-26(4)45)35(40)37(41)52-25(3)44/h8-19,29-31,34-37,47,49H,20-22H2,1-7H3/b19-18+/t29-,30-,31+,34+,35-,36-,37-,40+,41-,42-/m0/s1. The minimum atomic E-state index is -1.88. The zero-order chi connectivity index (χ0) is 40.1. The average Bonchev–Trinajstić information content (AvgIpc) is 3.38. The van der Waals surface area contributed by atoms with Crippen LogP contribution in [0.25, 0.3) is 6.08 Å². The third-order valence-electron chi connectivity index (χ3n) is 12.0. The molecule has 294 valence electrons. The first-order valence-electron chi connectivity index (χ1n) is 18.3. The van der Waals surface area contributed by atoms with Crippen LogP contribution in [0.3, 0.4) is 0 Å². The second-order valence-corrected chi connectivity index (χ2v) is 15.7. The van der Waals surface area contributed by atoms with Crippen LogP contribution in [0.5, 0.6) is 0 Å². The minimum absolute atomic E-state index is 0.0414. The number of carbonyl (C=O) groups is 5. The molecular weight excluding hydrogens is 712 g/mol. The van der Waals surface area contributed by atoms with E-state index in [1.54, 1.807) is 38.1 Å². The summed E-state index contributed by atoms with van der Waals surface area (Å²) in [5, 5.41) is 25.4. The smallest absolute Gasteiger partial charge is 0.338 e. The number of rotatable bonds is 9. The Labute approximate surface area is 319 Å². The van der Waals surface area contributed by atoms with E-state index in [0.717, 1.165) is 5.56 Å². The van der Waals surface area contributed by atoms with Gasteiger partial charge in [0.1, 0.15) is 36.6 Å². The van der Waals surface area contributed by atoms with E-state index < -0.39 is 94.4 Å². The maximum absolute atomic E-state index is 14.1. The molecule has 0 bridgehead atoms. The summed E-state index contributed by atoms with van der Waals surface area (Å²) < 4.78 is 36.9. The highest BCUT2D eigenvalue weighted by atomic mass is 16.6. The lowest BCUT2D eigenvalue weighted by Gasteiger charge is -2.65. The van der Waals surface area contributed by atoms with E-state index in [1.807, 2.05) is 30.3 Å². The third kappa shape index (κ3) is 6.76. The van der Waals surface area contributed by atoms with Gasteiger partial charge in [0.25, 0.3) is 0 Å². The Morgan fingerprint density at radius 2 is 1.47 bits per heavy atom. The van der Waals surface area contributed by atoms with Crippen molar-refractivity contribution in [2.45, 2.75) is 109 Å². The summed E-state index contributed by atoms with van der Waals surface area (Å²) in [6.07, 6.45) is -5.40. The average molecular weight is 761 g/mol. The quantitative estimate of drug-likeness (QED) is 0.160. The monoisotopic (exact) mass is 760 g/mol. The van der Waals surface area contributed by atoms with E-state index in [2.05, 4.69) is 0 Å². The van der Waals surface area contributed by atoms with Crippen molar-refractivity contribution in [3.05, 3.63) is 89.0 Å². The lowest BCUT2D eigenvalue weighted by atomic mass is 9.49. The molecule has 1 heterocycles. The van der Waals surface area contributed by atoms with Gasteiger partial charge in [0.2, 0.25) is 0 Å². The Balaban J connectivity index is 1.62. The fourth-order valence-corrected chi connectivity index (χ4v) is 9.73. The zero-order valence-electron chi connectivity index (χ0n) is 32.0. The van der Waals surface area contributed by atoms with Crippen LogP contribution in [0.4, 0.5) is 0 Å². The maximum Gasteiger partial charge on any atom is 0.338 e. The number of aliphatic hydroxyl groups excluding tert-OH is 1. The van der Waals surface area contributed by atoms with Crippen molar-refractivity contribution in [1.82, 2.24) is 0 Å². The van der Waals surface area contributed by atoms with E-state index in [-0.39, 0.29) is 30.6 Å². The number of benzene rings is 2. The molecule has 2 aromatic carbocycles. The van der Waals surface area contributed by atoms with Crippen LogP contribution in [0.15, 0.2) is 77.9 Å². The van der Waals surface area contributed by atoms with Gasteiger partial charge in [-0.1, -0.05) is 55.5 Å². The van der Waals surface area contributed by atoms with E-state index in [4.69, 9.17) is 28.4 Å². The minimum Gasteiger partial charge on any atom is -0.462 e. The molecular formula is C42H48O13. The highest BCUT2D eigenvalue weighted by molar-refractivity contribution is 5.89. The van der Waals surface area contributed by atoms with Gasteiger partial charge in [0.15, 0.2) is 5.60 Å². The Bertz CT molecular complexity index is 1900. The summed E-state index contributed by atoms with van der Waals surface area (Å²) in [5.74, 6) is -4.98. The molecule has 0 unspecified atom stereocenters. The van der Waals surface area contributed by atoms with Gasteiger partial charge in [0, 0.05) is 39.7 Å². The number of hydrogen-bond acceptors (Lipinski definition) is 13. The van der Waals surface area contributed by atoms with E-state index in [9.17, 15) is 34.2 Å². The molecule has 4 aliphatic rings. The molecule has 0 aromatic heterocycles. The van der Waals surface area contributed by atoms with Crippen LogP contribution < -0.4 is 0 Å². The van der Waals surface area contributed by atoms with Gasteiger partial charge in [-0.05, 0) is 55.7 Å². The SMILES string of the molecule is CC(=O)O[C@H]1C[C@H]2OC[C@@]2(OC(C)=O)[C@H]2[C@H](OC(C)=O)[C@]3(C(C)(C)O)C[C@H](OC(=O)/C=C/c4ccccc4)C(C)=C3[C@@H](O)[C@H](OC(=O)c3ccccc3)[C@]12C. The van der Waals surface area contributed by atoms with Crippen molar-refractivity contribution in [2.75, 3.05) is 6.61 Å². The molecule has 0 amide bonds. The van der Waals surface area contributed by atoms with Crippen LogP contribution >= 0.6 is 0 Å². The molecule has 3 fully saturated rings. The molecule has 13 heteroatoms. The Hall–Kier alpha value is -4.85. The fraction of sp³-hybridized carbons (Fsp3) is 0.500. The number of carbonyl (C=O) groups excluding carboxylic acids is 5. The lowest BCUT2D eigenvalue weighted by Crippen LogP contribution is -2.79. The molecule has 6 rings (SSSR count). The zero-order valence-corrected chi connectivity index (χ0v) is 32.0. The number of fused-ring (bicyclic) bond motifs is 4. The largest absolute Gasteiger partial charge is 0.462 e. The van der Waals surface area contributed by atoms with Crippen molar-refractivity contribution < 1.29 is 62.6 Å². The highest BCUT2D eigenvalue weighted by Crippen LogP contribution is 2.68. The summed E-state index contributed by atoms with van der Waals surface area (Å²) in [5.41, 5.74) is -5.62. The molecule has 3 aliphatic carbocycles. The second kappa shape index (κ2) is 14.7. The van der Waals surface area contributed by atoms with Crippen molar-refractivity contribution in [3.63, 3.8) is 0 Å². The highest BCUT2D eigenvalue weighted by Gasteiger charge is 2.80. The van der Waals surface area contributed by atoms with Gasteiger partial charge >= 0.3 is 29.8 Å². The van der Waals surface area contributed by atoms with E-state index >= 15 is 0 Å². The summed E-state index contributed by atoms with van der Waals surface area (Å²) in [6.45, 7) is 9.64. The Morgan fingerprint density at radius 3 is 2.02 bits per heavy atom. The van der Waals surface area contributed by atoms with E-state index in [0.29, 0.717) is 5.57 Å². The molecule has 1 saturated heterocycles.